The third-order valence-electron chi connectivity index (χ3n) is 4.82. The molecule has 8 nitrogen and oxygen atoms in total. The summed E-state index contributed by atoms with van der Waals surface area (Å²) in [5.74, 6) is 0.423. The first kappa shape index (κ1) is 19.5. The van der Waals surface area contributed by atoms with Crippen LogP contribution in [0.4, 0.5) is 6.01 Å². The van der Waals surface area contributed by atoms with Crippen molar-refractivity contribution in [1.29, 1.82) is 0 Å². The maximum Gasteiger partial charge on any atom is 0.326 e. The minimum absolute atomic E-state index is 0.183. The topological polar surface area (TPSA) is 111 Å². The van der Waals surface area contributed by atoms with E-state index in [0.717, 1.165) is 22.6 Å². The molecule has 2 aromatic carbocycles. The fraction of sp³-hybridized carbons (Fsp3) is 0.227. The number of hydrogen-bond donors (Lipinski definition) is 2. The molecule has 0 amide bonds. The molecule has 30 heavy (non-hydrogen) atoms. The van der Waals surface area contributed by atoms with Crippen molar-refractivity contribution in [1.82, 2.24) is 10.1 Å². The highest BCUT2D eigenvalue weighted by Crippen LogP contribution is 2.21. The smallest absolute Gasteiger partial charge is 0.326 e. The molecular weight excluding hydrogens is 386 g/mol. The Kier molecular flexibility index (Phi) is 5.38. The third kappa shape index (κ3) is 4.27. The van der Waals surface area contributed by atoms with Crippen molar-refractivity contribution in [3.05, 3.63) is 71.1 Å². The van der Waals surface area contributed by atoms with Crippen LogP contribution in [0.15, 0.2) is 57.5 Å². The Morgan fingerprint density at radius 2 is 1.93 bits per heavy atom. The first-order valence-corrected chi connectivity index (χ1v) is 9.48. The zero-order valence-electron chi connectivity index (χ0n) is 16.6. The number of fused-ring (bicyclic) bond motifs is 1. The fourth-order valence-electron chi connectivity index (χ4n) is 3.10. The number of carboxylic acid groups (broad SMARTS) is 1. The summed E-state index contributed by atoms with van der Waals surface area (Å²) in [7, 11) is 0. The Morgan fingerprint density at radius 1 is 1.17 bits per heavy atom. The van der Waals surface area contributed by atoms with Crippen molar-refractivity contribution >= 4 is 23.1 Å². The van der Waals surface area contributed by atoms with Gasteiger partial charge >= 0.3 is 5.97 Å². The summed E-state index contributed by atoms with van der Waals surface area (Å²) >= 11 is 0. The van der Waals surface area contributed by atoms with Crippen molar-refractivity contribution in [3.63, 3.8) is 0 Å². The van der Waals surface area contributed by atoms with Crippen LogP contribution in [0.1, 0.15) is 22.6 Å². The van der Waals surface area contributed by atoms with E-state index >= 15 is 0 Å². The lowest BCUT2D eigenvalue weighted by molar-refractivity contribution is -0.137. The number of nitrogens with zero attached hydrogens (tertiary/aromatic N) is 2. The average Bonchev–Trinajstić information content (AvgIpc) is 3.29. The number of aryl methyl sites for hydroxylation is 2. The van der Waals surface area contributed by atoms with Crippen LogP contribution in [0.3, 0.4) is 0 Å². The molecule has 1 atom stereocenters. The molecular formula is C22H21N3O5. The Morgan fingerprint density at radius 3 is 2.60 bits per heavy atom. The molecule has 4 aromatic rings. The quantitative estimate of drug-likeness (QED) is 0.449. The molecule has 0 saturated carbocycles. The third-order valence-corrected chi connectivity index (χ3v) is 4.82. The summed E-state index contributed by atoms with van der Waals surface area (Å²) in [5.41, 5.74) is 3.84. The van der Waals surface area contributed by atoms with E-state index < -0.39 is 12.0 Å². The molecule has 2 heterocycles. The van der Waals surface area contributed by atoms with Crippen LogP contribution in [0.5, 0.6) is 5.75 Å². The summed E-state index contributed by atoms with van der Waals surface area (Å²) in [6.45, 7) is 4.07. The number of hydrogen-bond acceptors (Lipinski definition) is 7. The minimum atomic E-state index is -0.990. The van der Waals surface area contributed by atoms with E-state index in [9.17, 15) is 9.90 Å². The largest absolute Gasteiger partial charge is 0.489 e. The van der Waals surface area contributed by atoms with Crippen LogP contribution in [0.25, 0.3) is 11.1 Å². The number of carboxylic acids is 1. The van der Waals surface area contributed by atoms with Crippen LogP contribution in [0.2, 0.25) is 0 Å². The number of anilines is 1. The fourth-order valence-corrected chi connectivity index (χ4v) is 3.10. The lowest BCUT2D eigenvalue weighted by Gasteiger charge is -2.13. The molecule has 0 fully saturated rings. The highest BCUT2D eigenvalue weighted by atomic mass is 16.5. The number of ether oxygens (including phenoxy) is 1. The predicted octanol–water partition coefficient (Wildman–Crippen LogP) is 4.12. The van der Waals surface area contributed by atoms with E-state index in [1.54, 1.807) is 12.1 Å². The molecule has 2 N–H and O–H groups in total. The summed E-state index contributed by atoms with van der Waals surface area (Å²) < 4.78 is 16.5. The number of benzene rings is 2. The second-order valence-electron chi connectivity index (χ2n) is 6.96. The second-order valence-corrected chi connectivity index (χ2v) is 6.96. The van der Waals surface area contributed by atoms with E-state index in [-0.39, 0.29) is 12.4 Å². The normalized spacial score (nSPS) is 12.1. The van der Waals surface area contributed by atoms with E-state index in [4.69, 9.17) is 13.7 Å². The maximum atomic E-state index is 11.7. The zero-order chi connectivity index (χ0) is 21.1. The molecule has 2 aromatic heterocycles. The van der Waals surface area contributed by atoms with Crippen LogP contribution < -0.4 is 10.1 Å². The van der Waals surface area contributed by atoms with Gasteiger partial charge in [-0.15, -0.1) is 0 Å². The van der Waals surface area contributed by atoms with Crippen LogP contribution >= 0.6 is 0 Å². The van der Waals surface area contributed by atoms with E-state index in [1.165, 1.54) is 0 Å². The zero-order valence-corrected chi connectivity index (χ0v) is 16.6. The summed E-state index contributed by atoms with van der Waals surface area (Å²) in [6.07, 6.45) is 0.262. The van der Waals surface area contributed by atoms with Crippen molar-refractivity contribution in [2.75, 3.05) is 5.32 Å². The molecule has 0 radical (unpaired) electrons. The monoisotopic (exact) mass is 407 g/mol. The number of aromatic nitrogens is 2. The predicted molar refractivity (Wildman–Crippen MR) is 110 cm³/mol. The highest BCUT2D eigenvalue weighted by molar-refractivity contribution is 5.78. The first-order chi connectivity index (χ1) is 14.5. The molecule has 4 rings (SSSR count). The number of oxazole rings is 1. The van der Waals surface area contributed by atoms with Gasteiger partial charge in [-0.3, -0.25) is 0 Å². The van der Waals surface area contributed by atoms with Gasteiger partial charge in [0.2, 0.25) is 0 Å². The van der Waals surface area contributed by atoms with Gasteiger partial charge in [-0.2, -0.15) is 4.98 Å². The Balaban J connectivity index is 1.40. The number of rotatable bonds is 8. The number of nitrogens with one attached hydrogen (secondary N) is 1. The molecule has 0 unspecified atom stereocenters. The lowest BCUT2D eigenvalue weighted by Crippen LogP contribution is -2.31. The van der Waals surface area contributed by atoms with Gasteiger partial charge in [-0.25, -0.2) is 4.79 Å². The van der Waals surface area contributed by atoms with Gasteiger partial charge in [0.1, 0.15) is 29.7 Å². The summed E-state index contributed by atoms with van der Waals surface area (Å²) in [5, 5.41) is 16.4. The van der Waals surface area contributed by atoms with E-state index in [1.807, 2.05) is 50.2 Å². The summed E-state index contributed by atoms with van der Waals surface area (Å²) in [4.78, 5) is 16.0. The van der Waals surface area contributed by atoms with Gasteiger partial charge in [0.05, 0.1) is 11.3 Å². The maximum absolute atomic E-state index is 11.7. The van der Waals surface area contributed by atoms with Crippen molar-refractivity contribution in [3.8, 4) is 5.75 Å². The molecule has 154 valence electrons. The molecule has 0 aliphatic carbocycles. The number of para-hydroxylation sites is 2. The SMILES string of the molecule is Cc1noc(C)c1COc1ccc(C[C@H](Nc2nc3ccccc3o2)C(=O)O)cc1. The molecule has 0 bridgehead atoms. The molecule has 8 heteroatoms. The van der Waals surface area contributed by atoms with Crippen LogP contribution in [-0.2, 0) is 17.8 Å². The Labute approximate surface area is 172 Å². The number of carbonyl (C=O) groups is 1. The molecule has 0 spiro atoms. The van der Waals surface area contributed by atoms with E-state index in [0.29, 0.717) is 23.5 Å². The lowest BCUT2D eigenvalue weighted by atomic mass is 10.1. The van der Waals surface area contributed by atoms with Gasteiger partial charge < -0.3 is 24.1 Å². The minimum Gasteiger partial charge on any atom is -0.489 e. The standard InChI is InChI=1S/C22H21N3O5/c1-13-17(14(2)30-25-13)12-28-16-9-7-15(8-10-16)11-19(21(26)27)24-22-23-18-5-3-4-6-20(18)29-22/h3-10,19H,11-12H2,1-2H3,(H,23,24)(H,26,27)/t19-/m0/s1. The van der Waals surface area contributed by atoms with Crippen LogP contribution in [0, 0.1) is 13.8 Å². The Bertz CT molecular complexity index is 1110. The average molecular weight is 407 g/mol. The van der Waals surface area contributed by atoms with Crippen molar-refractivity contribution < 1.29 is 23.6 Å². The van der Waals surface area contributed by atoms with Gasteiger partial charge in [0.15, 0.2) is 5.58 Å². The second kappa shape index (κ2) is 8.28. The van der Waals surface area contributed by atoms with Gasteiger partial charge in [-0.05, 0) is 43.7 Å². The van der Waals surface area contributed by atoms with E-state index in [2.05, 4.69) is 15.5 Å². The summed E-state index contributed by atoms with van der Waals surface area (Å²) in [6, 6.07) is 13.9. The van der Waals surface area contributed by atoms with Gasteiger partial charge in [-0.1, -0.05) is 29.4 Å². The Hall–Kier alpha value is -3.81. The van der Waals surface area contributed by atoms with Crippen molar-refractivity contribution in [2.45, 2.75) is 32.9 Å². The number of aliphatic carboxylic acids is 1. The first-order valence-electron chi connectivity index (χ1n) is 9.48. The van der Waals surface area contributed by atoms with Crippen molar-refractivity contribution in [2.24, 2.45) is 0 Å². The molecule has 0 aliphatic rings. The molecule has 0 saturated heterocycles. The molecule has 0 aliphatic heterocycles. The highest BCUT2D eigenvalue weighted by Gasteiger charge is 2.20. The van der Waals surface area contributed by atoms with Gasteiger partial charge in [0.25, 0.3) is 6.01 Å². The van der Waals surface area contributed by atoms with Crippen LogP contribution in [-0.4, -0.2) is 27.3 Å². The van der Waals surface area contributed by atoms with Gasteiger partial charge in [0, 0.05) is 6.42 Å².